The molecule has 0 radical (unpaired) electrons. The molecular formula is C16H27N5O8. The third kappa shape index (κ3) is 10.0. The summed E-state index contributed by atoms with van der Waals surface area (Å²) in [6.45, 7) is 2.83. The number of carbonyl (C=O) groups excluding carboxylic acids is 4. The van der Waals surface area contributed by atoms with Gasteiger partial charge in [0, 0.05) is 0 Å². The number of rotatable bonds is 13. The number of nitrogens with two attached hydrogens (primary N) is 2. The molecule has 9 N–H and O–H groups in total. The highest BCUT2D eigenvalue weighted by atomic mass is 16.4. The van der Waals surface area contributed by atoms with Gasteiger partial charge in [0.05, 0.1) is 25.4 Å². The van der Waals surface area contributed by atoms with Crippen LogP contribution in [0.15, 0.2) is 0 Å². The first-order valence-electron chi connectivity index (χ1n) is 8.74. The highest BCUT2D eigenvalue weighted by molar-refractivity contribution is 5.95. The van der Waals surface area contributed by atoms with Crippen molar-refractivity contribution in [3.8, 4) is 0 Å². The average molecular weight is 417 g/mol. The number of amides is 4. The second-order valence-corrected chi connectivity index (χ2v) is 6.42. The Bertz CT molecular complexity index is 653. The Hall–Kier alpha value is -3.22. The van der Waals surface area contributed by atoms with Gasteiger partial charge in [0.1, 0.15) is 12.1 Å². The van der Waals surface area contributed by atoms with E-state index < -0.39 is 73.1 Å². The molecule has 4 atom stereocenters. The van der Waals surface area contributed by atoms with E-state index in [0.717, 1.165) is 0 Å². The van der Waals surface area contributed by atoms with Gasteiger partial charge in [-0.15, -0.1) is 0 Å². The standard InChI is InChI=1S/C16H27N5O8/c1-3-7(2)13(18)15(27)21-8(4-10(17)22)14(26)19-6-11(23)20-9(16(28)29)5-12(24)25/h7-9,13H,3-6,18H2,1-2H3,(H2,17,22)(H,19,26)(H,20,23)(H,21,27)(H,24,25)(H,28,29). The van der Waals surface area contributed by atoms with Crippen LogP contribution < -0.4 is 27.4 Å². The van der Waals surface area contributed by atoms with Crippen molar-refractivity contribution in [2.45, 2.75) is 51.2 Å². The van der Waals surface area contributed by atoms with Gasteiger partial charge in [0.25, 0.3) is 0 Å². The molecule has 0 aliphatic carbocycles. The lowest BCUT2D eigenvalue weighted by Crippen LogP contribution is -2.55. The predicted molar refractivity (Wildman–Crippen MR) is 98.0 cm³/mol. The largest absolute Gasteiger partial charge is 0.481 e. The molecule has 13 heteroatoms. The van der Waals surface area contributed by atoms with Crippen LogP contribution in [-0.4, -0.2) is 70.5 Å². The molecule has 0 spiro atoms. The van der Waals surface area contributed by atoms with Crippen molar-refractivity contribution in [2.24, 2.45) is 17.4 Å². The highest BCUT2D eigenvalue weighted by Gasteiger charge is 2.28. The molecule has 0 saturated heterocycles. The Kier molecular flexibility index (Phi) is 10.9. The molecule has 0 saturated carbocycles. The molecule has 29 heavy (non-hydrogen) atoms. The zero-order chi connectivity index (χ0) is 22.7. The van der Waals surface area contributed by atoms with Crippen molar-refractivity contribution in [3.63, 3.8) is 0 Å². The van der Waals surface area contributed by atoms with Gasteiger partial charge in [-0.2, -0.15) is 0 Å². The van der Waals surface area contributed by atoms with Crippen LogP contribution in [0, 0.1) is 5.92 Å². The van der Waals surface area contributed by atoms with E-state index in [1.54, 1.807) is 6.92 Å². The summed E-state index contributed by atoms with van der Waals surface area (Å²) >= 11 is 0. The number of hydrogen-bond acceptors (Lipinski definition) is 7. The van der Waals surface area contributed by atoms with Crippen LogP contribution in [0.1, 0.15) is 33.1 Å². The Morgan fingerprint density at radius 3 is 1.97 bits per heavy atom. The molecular weight excluding hydrogens is 390 g/mol. The normalized spacial score (nSPS) is 14.6. The van der Waals surface area contributed by atoms with Gasteiger partial charge in [-0.25, -0.2) is 4.79 Å². The SMILES string of the molecule is CCC(C)C(N)C(=O)NC(CC(N)=O)C(=O)NCC(=O)NC(CC(=O)O)C(=O)O. The monoisotopic (exact) mass is 417 g/mol. The number of aliphatic carboxylic acids is 2. The fourth-order valence-electron chi connectivity index (χ4n) is 2.10. The lowest BCUT2D eigenvalue weighted by molar-refractivity contribution is -0.147. The van der Waals surface area contributed by atoms with E-state index in [-0.39, 0.29) is 5.92 Å². The van der Waals surface area contributed by atoms with Crippen LogP contribution >= 0.6 is 0 Å². The molecule has 0 bridgehead atoms. The van der Waals surface area contributed by atoms with E-state index in [2.05, 4.69) is 10.6 Å². The molecule has 13 nitrogen and oxygen atoms in total. The maximum atomic E-state index is 12.2. The minimum Gasteiger partial charge on any atom is -0.481 e. The quantitative estimate of drug-likeness (QED) is 0.160. The molecule has 0 rings (SSSR count). The number of hydrogen-bond donors (Lipinski definition) is 7. The zero-order valence-electron chi connectivity index (χ0n) is 16.1. The van der Waals surface area contributed by atoms with Crippen molar-refractivity contribution in [1.82, 2.24) is 16.0 Å². The van der Waals surface area contributed by atoms with Gasteiger partial charge in [-0.1, -0.05) is 20.3 Å². The maximum Gasteiger partial charge on any atom is 0.326 e. The van der Waals surface area contributed by atoms with Crippen molar-refractivity contribution >= 4 is 35.6 Å². The summed E-state index contributed by atoms with van der Waals surface area (Å²) in [5, 5.41) is 23.8. The summed E-state index contributed by atoms with van der Waals surface area (Å²) in [5.41, 5.74) is 10.8. The molecule has 4 unspecified atom stereocenters. The molecule has 0 aliphatic heterocycles. The number of carbonyl (C=O) groups is 6. The van der Waals surface area contributed by atoms with Crippen LogP contribution in [-0.2, 0) is 28.8 Å². The minimum absolute atomic E-state index is 0.194. The second kappa shape index (κ2) is 12.3. The van der Waals surface area contributed by atoms with Crippen LogP contribution in [0.5, 0.6) is 0 Å². The smallest absolute Gasteiger partial charge is 0.326 e. The molecule has 164 valence electrons. The van der Waals surface area contributed by atoms with Gasteiger partial charge >= 0.3 is 11.9 Å². The summed E-state index contributed by atoms with van der Waals surface area (Å²) in [5.74, 6) is -6.67. The minimum atomic E-state index is -1.69. The van der Waals surface area contributed by atoms with E-state index in [9.17, 15) is 28.8 Å². The highest BCUT2D eigenvalue weighted by Crippen LogP contribution is 2.06. The van der Waals surface area contributed by atoms with Gasteiger partial charge in [0.15, 0.2) is 0 Å². The summed E-state index contributed by atoms with van der Waals surface area (Å²) in [4.78, 5) is 68.8. The van der Waals surface area contributed by atoms with Crippen molar-refractivity contribution < 1.29 is 39.0 Å². The number of nitrogens with one attached hydrogen (secondary N) is 3. The van der Waals surface area contributed by atoms with Gasteiger partial charge in [-0.3, -0.25) is 24.0 Å². The number of primary amides is 1. The molecule has 4 amide bonds. The molecule has 0 fully saturated rings. The Morgan fingerprint density at radius 2 is 1.52 bits per heavy atom. The molecule has 0 aromatic rings. The van der Waals surface area contributed by atoms with Crippen LogP contribution in [0.2, 0.25) is 0 Å². The summed E-state index contributed by atoms with van der Waals surface area (Å²) in [6, 6.07) is -4.01. The molecule has 0 heterocycles. The topological polar surface area (TPSA) is 231 Å². The van der Waals surface area contributed by atoms with Crippen LogP contribution in [0.3, 0.4) is 0 Å². The lowest BCUT2D eigenvalue weighted by Gasteiger charge is -2.22. The van der Waals surface area contributed by atoms with Gasteiger partial charge < -0.3 is 37.6 Å². The fraction of sp³-hybridized carbons (Fsp3) is 0.625. The molecule has 0 aliphatic rings. The first-order valence-corrected chi connectivity index (χ1v) is 8.74. The summed E-state index contributed by atoms with van der Waals surface area (Å²) in [7, 11) is 0. The molecule has 0 aromatic heterocycles. The third-order valence-electron chi connectivity index (χ3n) is 4.03. The van der Waals surface area contributed by atoms with Gasteiger partial charge in [-0.05, 0) is 5.92 Å². The lowest BCUT2D eigenvalue weighted by atomic mass is 9.99. The Labute approximate surface area is 166 Å². The number of carboxylic acids is 2. The van der Waals surface area contributed by atoms with Crippen molar-refractivity contribution in [1.29, 1.82) is 0 Å². The predicted octanol–water partition coefficient (Wildman–Crippen LogP) is -3.12. The second-order valence-electron chi connectivity index (χ2n) is 6.42. The van der Waals surface area contributed by atoms with Crippen molar-refractivity contribution in [3.05, 3.63) is 0 Å². The van der Waals surface area contributed by atoms with E-state index in [4.69, 9.17) is 21.7 Å². The van der Waals surface area contributed by atoms with E-state index in [1.807, 2.05) is 12.2 Å². The maximum absolute atomic E-state index is 12.2. The van der Waals surface area contributed by atoms with E-state index >= 15 is 0 Å². The average Bonchev–Trinajstić information content (AvgIpc) is 2.62. The van der Waals surface area contributed by atoms with Crippen LogP contribution in [0.25, 0.3) is 0 Å². The first-order chi connectivity index (χ1) is 13.4. The van der Waals surface area contributed by atoms with E-state index in [1.165, 1.54) is 0 Å². The van der Waals surface area contributed by atoms with Crippen molar-refractivity contribution in [2.75, 3.05) is 6.54 Å². The summed E-state index contributed by atoms with van der Waals surface area (Å²) in [6.07, 6.45) is -0.811. The van der Waals surface area contributed by atoms with Gasteiger partial charge in [0.2, 0.25) is 23.6 Å². The first kappa shape index (κ1) is 25.8. The Morgan fingerprint density at radius 1 is 0.931 bits per heavy atom. The van der Waals surface area contributed by atoms with E-state index in [0.29, 0.717) is 6.42 Å². The number of carboxylic acid groups (broad SMARTS) is 2. The third-order valence-corrected chi connectivity index (χ3v) is 4.03. The Balaban J connectivity index is 4.91. The molecule has 0 aromatic carbocycles. The summed E-state index contributed by atoms with van der Waals surface area (Å²) < 4.78 is 0. The zero-order valence-corrected chi connectivity index (χ0v) is 16.1. The fourth-order valence-corrected chi connectivity index (χ4v) is 2.10. The van der Waals surface area contributed by atoms with Crippen LogP contribution in [0.4, 0.5) is 0 Å².